The van der Waals surface area contributed by atoms with E-state index in [0.717, 1.165) is 0 Å². The van der Waals surface area contributed by atoms with Gasteiger partial charge >= 0.3 is 12.7 Å². The third kappa shape index (κ3) is 1.91. The number of carbonyl (C=O) groups excluding carboxylic acids is 1. The summed E-state index contributed by atoms with van der Waals surface area (Å²) in [5.74, 6) is -0.409. The molecule has 0 spiro atoms. The molecule has 2 aliphatic rings. The topological polar surface area (TPSA) is 54.0 Å². The molecule has 0 atom stereocenters. The van der Waals surface area contributed by atoms with Crippen molar-refractivity contribution in [2.75, 3.05) is 19.8 Å². The zero-order valence-corrected chi connectivity index (χ0v) is 8.31. The molecule has 0 aliphatic carbocycles. The van der Waals surface area contributed by atoms with E-state index >= 15 is 0 Å². The molecule has 1 fully saturated rings. The molecule has 0 unspecified atom stereocenters. The highest BCUT2D eigenvalue weighted by Gasteiger charge is 2.32. The van der Waals surface area contributed by atoms with E-state index in [-0.39, 0.29) is 12.4 Å². The zero-order valence-electron chi connectivity index (χ0n) is 6.60. The van der Waals surface area contributed by atoms with E-state index in [1.807, 2.05) is 0 Å². The van der Waals surface area contributed by atoms with E-state index in [4.69, 9.17) is 25.4 Å². The summed E-state index contributed by atoms with van der Waals surface area (Å²) >= 11 is 4.95. The highest BCUT2D eigenvalue weighted by molar-refractivity contribution is 8.07. The van der Waals surface area contributed by atoms with Gasteiger partial charge in [-0.15, -0.1) is 0 Å². The summed E-state index contributed by atoms with van der Waals surface area (Å²) in [5, 5.41) is 0. The lowest BCUT2D eigenvalue weighted by molar-refractivity contribution is -0.138. The SMILES string of the molecule is O=C1OCC=C1OP1(=S)OCCO1. The number of cyclic esters (lactones) is 1. The predicted molar refractivity (Wildman–Crippen MR) is 46.3 cm³/mol. The van der Waals surface area contributed by atoms with Gasteiger partial charge in [0.15, 0.2) is 0 Å². The van der Waals surface area contributed by atoms with E-state index in [2.05, 4.69) is 4.74 Å². The maximum atomic E-state index is 10.9. The largest absolute Gasteiger partial charge is 0.455 e. The molecule has 0 N–H and O–H groups in total. The van der Waals surface area contributed by atoms with Gasteiger partial charge in [0, 0.05) is 17.9 Å². The molecule has 1 saturated heterocycles. The summed E-state index contributed by atoms with van der Waals surface area (Å²) in [6.07, 6.45) is 1.52. The first-order valence-corrected chi connectivity index (χ1v) is 6.21. The molecule has 0 bridgehead atoms. The number of ether oxygens (including phenoxy) is 1. The normalized spacial score (nSPS) is 25.5. The fourth-order valence-corrected chi connectivity index (χ4v) is 2.78. The van der Waals surface area contributed by atoms with E-state index < -0.39 is 12.7 Å². The van der Waals surface area contributed by atoms with Crippen molar-refractivity contribution in [2.24, 2.45) is 0 Å². The first-order chi connectivity index (χ1) is 6.20. The lowest BCUT2D eigenvalue weighted by atomic mass is 10.5. The third-order valence-corrected chi connectivity index (χ3v) is 3.75. The number of carbonyl (C=O) groups is 1. The molecule has 2 heterocycles. The first kappa shape index (κ1) is 9.15. The second-order valence-electron chi connectivity index (χ2n) is 2.37. The van der Waals surface area contributed by atoms with E-state index in [0.29, 0.717) is 13.2 Å². The fourth-order valence-electron chi connectivity index (χ4n) is 0.931. The van der Waals surface area contributed by atoms with Crippen molar-refractivity contribution < 1.29 is 23.1 Å². The van der Waals surface area contributed by atoms with Crippen LogP contribution in [0.4, 0.5) is 0 Å². The summed E-state index contributed by atoms with van der Waals surface area (Å²) in [7, 11) is 0. The third-order valence-electron chi connectivity index (χ3n) is 1.48. The molecule has 72 valence electrons. The first-order valence-electron chi connectivity index (χ1n) is 3.66. The van der Waals surface area contributed by atoms with Gasteiger partial charge in [0.1, 0.15) is 6.61 Å². The molecule has 0 amide bonds. The van der Waals surface area contributed by atoms with Gasteiger partial charge in [-0.1, -0.05) is 0 Å². The van der Waals surface area contributed by atoms with E-state index in [9.17, 15) is 4.79 Å². The number of hydrogen-bond acceptors (Lipinski definition) is 6. The molecule has 5 nitrogen and oxygen atoms in total. The Bertz CT molecular complexity index is 302. The summed E-state index contributed by atoms with van der Waals surface area (Å²) < 4.78 is 19.9. The highest BCUT2D eigenvalue weighted by Crippen LogP contribution is 2.55. The van der Waals surface area contributed by atoms with Gasteiger partial charge in [0.2, 0.25) is 5.76 Å². The second-order valence-corrected chi connectivity index (χ2v) is 5.31. The maximum Gasteiger partial charge on any atom is 0.380 e. The van der Waals surface area contributed by atoms with Crippen molar-refractivity contribution in [3.8, 4) is 0 Å². The van der Waals surface area contributed by atoms with Crippen LogP contribution in [0.5, 0.6) is 0 Å². The van der Waals surface area contributed by atoms with Crippen LogP contribution in [0.15, 0.2) is 11.8 Å². The van der Waals surface area contributed by atoms with Gasteiger partial charge in [-0.25, -0.2) is 4.79 Å². The number of rotatable bonds is 2. The Kier molecular flexibility index (Phi) is 2.38. The Morgan fingerprint density at radius 3 is 2.69 bits per heavy atom. The summed E-state index contributed by atoms with van der Waals surface area (Å²) in [5.41, 5.74) is 0. The predicted octanol–water partition coefficient (Wildman–Crippen LogP) is 0.715. The highest BCUT2D eigenvalue weighted by atomic mass is 32.5. The average molecular weight is 222 g/mol. The van der Waals surface area contributed by atoms with Crippen LogP contribution in [0.1, 0.15) is 0 Å². The number of hydrogen-bond donors (Lipinski definition) is 0. The molecule has 2 aliphatic heterocycles. The Labute approximate surface area is 79.9 Å². The van der Waals surface area contributed by atoms with Gasteiger partial charge in [-0.3, -0.25) is 9.05 Å². The zero-order chi connectivity index (χ0) is 9.31. The molecular weight excluding hydrogens is 215 g/mol. The van der Waals surface area contributed by atoms with Gasteiger partial charge in [-0.05, 0) is 0 Å². The molecule has 0 aromatic carbocycles. The van der Waals surface area contributed by atoms with Crippen molar-refractivity contribution in [1.82, 2.24) is 0 Å². The molecule has 0 aromatic rings. The summed E-state index contributed by atoms with van der Waals surface area (Å²) in [6.45, 7) is -1.63. The van der Waals surface area contributed by atoms with Crippen LogP contribution in [0.25, 0.3) is 0 Å². The Morgan fingerprint density at radius 1 is 1.46 bits per heavy atom. The van der Waals surface area contributed by atoms with Crippen LogP contribution in [0.3, 0.4) is 0 Å². The monoisotopic (exact) mass is 222 g/mol. The molecule has 7 heteroatoms. The quantitative estimate of drug-likeness (QED) is 0.506. The smallest absolute Gasteiger partial charge is 0.380 e. The van der Waals surface area contributed by atoms with Crippen LogP contribution in [-0.2, 0) is 34.9 Å². The van der Waals surface area contributed by atoms with Gasteiger partial charge in [0.05, 0.1) is 13.2 Å². The van der Waals surface area contributed by atoms with Crippen LogP contribution in [0.2, 0.25) is 0 Å². The minimum atomic E-state index is -2.69. The van der Waals surface area contributed by atoms with Crippen LogP contribution < -0.4 is 0 Å². The molecule has 0 saturated carbocycles. The van der Waals surface area contributed by atoms with Crippen molar-refractivity contribution in [1.29, 1.82) is 0 Å². The maximum absolute atomic E-state index is 10.9. The Morgan fingerprint density at radius 2 is 2.15 bits per heavy atom. The Hall–Kier alpha value is -0.420. The Balaban J connectivity index is 2.05. The van der Waals surface area contributed by atoms with Crippen molar-refractivity contribution in [2.45, 2.75) is 0 Å². The van der Waals surface area contributed by atoms with E-state index in [1.54, 1.807) is 0 Å². The lowest BCUT2D eigenvalue weighted by Gasteiger charge is -2.13. The minimum Gasteiger partial charge on any atom is -0.455 e. The molecule has 0 radical (unpaired) electrons. The fraction of sp³-hybridized carbons (Fsp3) is 0.500. The van der Waals surface area contributed by atoms with Crippen LogP contribution in [-0.4, -0.2) is 25.8 Å². The lowest BCUT2D eigenvalue weighted by Crippen LogP contribution is -2.02. The van der Waals surface area contributed by atoms with E-state index in [1.165, 1.54) is 6.08 Å². The minimum absolute atomic E-state index is 0.102. The van der Waals surface area contributed by atoms with Crippen LogP contribution in [0, 0.1) is 0 Å². The molecule has 2 rings (SSSR count). The van der Waals surface area contributed by atoms with Gasteiger partial charge in [-0.2, -0.15) is 0 Å². The summed E-state index contributed by atoms with van der Waals surface area (Å²) in [4.78, 5) is 10.9. The molecule has 13 heavy (non-hydrogen) atoms. The standard InChI is InChI=1S/C6H7O5PS/c7-6-5(1-2-8-6)11-12(13)9-3-4-10-12/h1H,2-4H2. The van der Waals surface area contributed by atoms with Crippen molar-refractivity contribution in [3.05, 3.63) is 11.8 Å². The van der Waals surface area contributed by atoms with Gasteiger partial charge < -0.3 is 9.26 Å². The van der Waals surface area contributed by atoms with Gasteiger partial charge in [0.25, 0.3) is 0 Å². The second kappa shape index (κ2) is 3.38. The molecular formula is C6H7O5PS. The number of esters is 1. The molecule has 0 aromatic heterocycles. The van der Waals surface area contributed by atoms with Crippen molar-refractivity contribution in [3.63, 3.8) is 0 Å². The summed E-state index contributed by atoms with van der Waals surface area (Å²) in [6, 6.07) is 0. The van der Waals surface area contributed by atoms with Crippen LogP contribution >= 0.6 is 6.72 Å². The average Bonchev–Trinajstić information content (AvgIpc) is 2.64. The van der Waals surface area contributed by atoms with Crippen molar-refractivity contribution >= 4 is 24.5 Å².